The van der Waals surface area contributed by atoms with E-state index in [1.54, 1.807) is 24.8 Å². The number of rotatable bonds is 5. The molecule has 2 heterocycles. The monoisotopic (exact) mass is 248 g/mol. The van der Waals surface area contributed by atoms with Crippen LogP contribution in [-0.2, 0) is 17.9 Å². The average molecular weight is 248 g/mol. The lowest BCUT2D eigenvalue weighted by Gasteiger charge is -2.14. The zero-order valence-electron chi connectivity index (χ0n) is 10.2. The van der Waals surface area contributed by atoms with E-state index in [-0.39, 0.29) is 18.5 Å². The van der Waals surface area contributed by atoms with Crippen LogP contribution in [0.5, 0.6) is 0 Å². The second-order valence-corrected chi connectivity index (χ2v) is 4.17. The number of nitrogens with one attached hydrogen (secondary N) is 1. The van der Waals surface area contributed by atoms with Gasteiger partial charge >= 0.3 is 0 Å². The van der Waals surface area contributed by atoms with E-state index in [1.165, 1.54) is 4.68 Å². The van der Waals surface area contributed by atoms with Crippen molar-refractivity contribution in [2.45, 2.75) is 26.1 Å². The fourth-order valence-electron chi connectivity index (χ4n) is 1.69. The molecule has 2 aromatic rings. The van der Waals surface area contributed by atoms with E-state index in [1.807, 2.05) is 17.7 Å². The number of nitrogens with two attached hydrogens (primary N) is 1. The van der Waals surface area contributed by atoms with Crippen LogP contribution in [0.25, 0.3) is 0 Å². The lowest BCUT2D eigenvalue weighted by Crippen LogP contribution is -2.37. The van der Waals surface area contributed by atoms with Crippen LogP contribution in [0, 0.1) is 0 Å². The quantitative estimate of drug-likeness (QED) is 0.771. The van der Waals surface area contributed by atoms with Gasteiger partial charge in [0.2, 0.25) is 5.91 Å². The van der Waals surface area contributed by atoms with Crippen molar-refractivity contribution in [2.75, 3.05) is 5.73 Å². The number of nitrogen functional groups attached to an aromatic ring is 1. The lowest BCUT2D eigenvalue weighted by molar-refractivity contribution is -0.122. The zero-order valence-corrected chi connectivity index (χ0v) is 10.2. The molecule has 96 valence electrons. The summed E-state index contributed by atoms with van der Waals surface area (Å²) in [4.78, 5) is 15.7. The number of aromatic nitrogens is 4. The van der Waals surface area contributed by atoms with Crippen LogP contribution < -0.4 is 11.1 Å². The number of hydrogen-bond donors (Lipinski definition) is 2. The van der Waals surface area contributed by atoms with Crippen molar-refractivity contribution in [2.24, 2.45) is 0 Å². The summed E-state index contributed by atoms with van der Waals surface area (Å²) in [6.45, 7) is 2.80. The highest BCUT2D eigenvalue weighted by Gasteiger charge is 2.08. The summed E-state index contributed by atoms with van der Waals surface area (Å²) in [5.74, 6) is 0.319. The molecular formula is C11H16N6O. The summed E-state index contributed by atoms with van der Waals surface area (Å²) in [6.07, 6.45) is 6.96. The Kier molecular flexibility index (Phi) is 3.61. The smallest absolute Gasteiger partial charge is 0.242 e. The minimum Gasteiger partial charge on any atom is -0.382 e. The maximum absolute atomic E-state index is 11.7. The third-order valence-electron chi connectivity index (χ3n) is 2.42. The first-order valence-corrected chi connectivity index (χ1v) is 5.67. The van der Waals surface area contributed by atoms with Gasteiger partial charge in [-0.15, -0.1) is 0 Å². The Morgan fingerprint density at radius 1 is 1.56 bits per heavy atom. The molecule has 0 saturated carbocycles. The largest absolute Gasteiger partial charge is 0.382 e. The zero-order chi connectivity index (χ0) is 13.0. The molecular weight excluding hydrogens is 232 g/mol. The molecule has 1 amide bonds. The predicted octanol–water partition coefficient (Wildman–Crippen LogP) is -0.133. The normalized spacial score (nSPS) is 12.3. The second-order valence-electron chi connectivity index (χ2n) is 4.17. The summed E-state index contributed by atoms with van der Waals surface area (Å²) >= 11 is 0. The summed E-state index contributed by atoms with van der Waals surface area (Å²) in [5, 5.41) is 6.84. The molecule has 0 aromatic carbocycles. The van der Waals surface area contributed by atoms with Gasteiger partial charge in [-0.3, -0.25) is 9.48 Å². The lowest BCUT2D eigenvalue weighted by atomic mass is 10.3. The van der Waals surface area contributed by atoms with Crippen molar-refractivity contribution in [1.29, 1.82) is 0 Å². The van der Waals surface area contributed by atoms with Crippen LogP contribution in [-0.4, -0.2) is 31.3 Å². The molecule has 7 nitrogen and oxygen atoms in total. The van der Waals surface area contributed by atoms with Crippen LogP contribution in [0.15, 0.2) is 31.0 Å². The van der Waals surface area contributed by atoms with Crippen molar-refractivity contribution in [3.63, 3.8) is 0 Å². The van der Waals surface area contributed by atoms with E-state index in [9.17, 15) is 4.79 Å². The number of carbonyl (C=O) groups is 1. The first-order chi connectivity index (χ1) is 8.63. The number of amides is 1. The maximum Gasteiger partial charge on any atom is 0.242 e. The summed E-state index contributed by atoms with van der Waals surface area (Å²) in [6, 6.07) is 1.68. The van der Waals surface area contributed by atoms with Crippen molar-refractivity contribution < 1.29 is 4.79 Å². The first-order valence-electron chi connectivity index (χ1n) is 5.67. The molecule has 18 heavy (non-hydrogen) atoms. The van der Waals surface area contributed by atoms with E-state index in [2.05, 4.69) is 15.4 Å². The van der Waals surface area contributed by atoms with Crippen molar-refractivity contribution in [1.82, 2.24) is 24.6 Å². The Bertz CT molecular complexity index is 503. The number of imidazole rings is 1. The number of anilines is 1. The fourth-order valence-corrected chi connectivity index (χ4v) is 1.69. The second kappa shape index (κ2) is 5.35. The van der Waals surface area contributed by atoms with Crippen LogP contribution in [0.4, 0.5) is 5.82 Å². The summed E-state index contributed by atoms with van der Waals surface area (Å²) in [7, 11) is 0. The molecule has 0 aliphatic rings. The molecule has 1 atom stereocenters. The van der Waals surface area contributed by atoms with Gasteiger partial charge in [0.1, 0.15) is 12.4 Å². The molecule has 2 aromatic heterocycles. The minimum absolute atomic E-state index is 0.0274. The Morgan fingerprint density at radius 2 is 2.39 bits per heavy atom. The molecule has 0 aliphatic carbocycles. The van der Waals surface area contributed by atoms with Crippen molar-refractivity contribution in [3.8, 4) is 0 Å². The summed E-state index contributed by atoms with van der Waals surface area (Å²) < 4.78 is 3.42. The van der Waals surface area contributed by atoms with E-state index in [4.69, 9.17) is 5.73 Å². The van der Waals surface area contributed by atoms with Gasteiger partial charge in [-0.1, -0.05) is 0 Å². The highest BCUT2D eigenvalue weighted by atomic mass is 16.2. The van der Waals surface area contributed by atoms with E-state index in [0.29, 0.717) is 12.4 Å². The Balaban J connectivity index is 1.80. The van der Waals surface area contributed by atoms with Gasteiger partial charge in [0.25, 0.3) is 0 Å². The predicted molar refractivity (Wildman–Crippen MR) is 66.5 cm³/mol. The molecule has 7 heteroatoms. The highest BCUT2D eigenvalue weighted by molar-refractivity contribution is 5.75. The molecule has 2 rings (SSSR count). The maximum atomic E-state index is 11.7. The molecule has 0 saturated heterocycles. The van der Waals surface area contributed by atoms with Gasteiger partial charge in [0.15, 0.2) is 0 Å². The molecule has 3 N–H and O–H groups in total. The first kappa shape index (κ1) is 12.2. The van der Waals surface area contributed by atoms with Crippen molar-refractivity contribution >= 4 is 11.7 Å². The molecule has 0 fully saturated rings. The minimum atomic E-state index is -0.0919. The average Bonchev–Trinajstić information content (AvgIpc) is 2.90. The fraction of sp³-hybridized carbons (Fsp3) is 0.364. The Labute approximate surface area is 105 Å². The van der Waals surface area contributed by atoms with Gasteiger partial charge in [-0.05, 0) is 13.0 Å². The molecule has 0 spiro atoms. The van der Waals surface area contributed by atoms with E-state index in [0.717, 1.165) is 0 Å². The number of carbonyl (C=O) groups excluding carboxylic acids is 1. The molecule has 0 bridgehead atoms. The standard InChI is InChI=1S/C11H16N6O/c1-9(6-16-5-3-13-8-16)14-11(18)7-17-4-2-10(12)15-17/h2-5,8-9H,6-7H2,1H3,(H2,12,15)(H,14,18). The third kappa shape index (κ3) is 3.34. The topological polar surface area (TPSA) is 90.8 Å². The van der Waals surface area contributed by atoms with Gasteiger partial charge < -0.3 is 15.6 Å². The van der Waals surface area contributed by atoms with Crippen molar-refractivity contribution in [3.05, 3.63) is 31.0 Å². The molecule has 0 radical (unpaired) electrons. The van der Waals surface area contributed by atoms with Crippen LogP contribution in [0.3, 0.4) is 0 Å². The van der Waals surface area contributed by atoms with E-state index < -0.39 is 0 Å². The summed E-state index contributed by atoms with van der Waals surface area (Å²) in [5.41, 5.74) is 5.47. The van der Waals surface area contributed by atoms with Crippen LogP contribution in [0.2, 0.25) is 0 Å². The SMILES string of the molecule is CC(Cn1ccnc1)NC(=O)Cn1ccc(N)n1. The Morgan fingerprint density at radius 3 is 3.00 bits per heavy atom. The van der Waals surface area contributed by atoms with Gasteiger partial charge in [0.05, 0.1) is 6.33 Å². The molecule has 0 aliphatic heterocycles. The van der Waals surface area contributed by atoms with Gasteiger partial charge in [-0.2, -0.15) is 5.10 Å². The van der Waals surface area contributed by atoms with Crippen LogP contribution >= 0.6 is 0 Å². The Hall–Kier alpha value is -2.31. The highest BCUT2D eigenvalue weighted by Crippen LogP contribution is 1.96. The number of hydrogen-bond acceptors (Lipinski definition) is 4. The third-order valence-corrected chi connectivity index (χ3v) is 2.42. The number of nitrogens with zero attached hydrogens (tertiary/aromatic N) is 4. The van der Waals surface area contributed by atoms with Gasteiger partial charge in [-0.25, -0.2) is 4.98 Å². The van der Waals surface area contributed by atoms with Crippen LogP contribution in [0.1, 0.15) is 6.92 Å². The van der Waals surface area contributed by atoms with Gasteiger partial charge in [0, 0.05) is 31.2 Å². The molecule has 1 unspecified atom stereocenters. The van der Waals surface area contributed by atoms with E-state index >= 15 is 0 Å².